The lowest BCUT2D eigenvalue weighted by atomic mass is 10.2. The van der Waals surface area contributed by atoms with Gasteiger partial charge in [-0.3, -0.25) is 0 Å². The zero-order chi connectivity index (χ0) is 12.3. The Kier molecular flexibility index (Phi) is 3.98. The van der Waals surface area contributed by atoms with Gasteiger partial charge in [0.15, 0.2) is 6.10 Å². The van der Waals surface area contributed by atoms with E-state index in [0.29, 0.717) is 13.1 Å². The molecule has 0 radical (unpaired) electrons. The summed E-state index contributed by atoms with van der Waals surface area (Å²) in [4.78, 5) is 11.0. The van der Waals surface area contributed by atoms with Crippen LogP contribution in [-0.4, -0.2) is 48.7 Å². The number of carbonyl (C=O) groups excluding carboxylic acids is 1. The molecule has 1 aliphatic rings. The number of rotatable bonds is 2. The molecular weight excluding hydrogens is 229 g/mol. The lowest BCUT2D eigenvalue weighted by Crippen LogP contribution is -2.45. The first-order chi connectivity index (χ1) is 7.30. The molecule has 1 fully saturated rings. The zero-order valence-electron chi connectivity index (χ0n) is 8.54. The number of alkyl carbamates (subject to hydrolysis) is 1. The molecule has 0 aromatic carbocycles. The van der Waals surface area contributed by atoms with E-state index in [0.717, 1.165) is 6.92 Å². The average molecular weight is 242 g/mol. The summed E-state index contributed by atoms with van der Waals surface area (Å²) in [6.07, 6.45) is -8.74. The van der Waals surface area contributed by atoms with Gasteiger partial charge in [-0.2, -0.15) is 13.2 Å². The minimum Gasteiger partial charge on any atom is -0.437 e. The molecule has 0 spiro atoms. The molecule has 8 heteroatoms. The molecule has 3 N–H and O–H groups in total. The summed E-state index contributed by atoms with van der Waals surface area (Å²) in [7, 11) is 0. The molecule has 0 unspecified atom stereocenters. The van der Waals surface area contributed by atoms with E-state index in [-0.39, 0.29) is 0 Å². The highest BCUT2D eigenvalue weighted by Crippen LogP contribution is 2.22. The summed E-state index contributed by atoms with van der Waals surface area (Å²) in [5.41, 5.74) is 0. The number of amides is 1. The molecule has 0 saturated carbocycles. The molecule has 0 aromatic heterocycles. The number of aliphatic hydroxyl groups excluding tert-OH is 1. The van der Waals surface area contributed by atoms with Gasteiger partial charge in [-0.15, -0.1) is 0 Å². The lowest BCUT2D eigenvalue weighted by Gasteiger charge is -2.19. The minimum absolute atomic E-state index is 0.291. The Morgan fingerprint density at radius 3 is 2.62 bits per heavy atom. The molecule has 94 valence electrons. The topological polar surface area (TPSA) is 70.6 Å². The van der Waals surface area contributed by atoms with Crippen molar-refractivity contribution in [2.75, 3.05) is 13.1 Å². The van der Waals surface area contributed by atoms with Crippen molar-refractivity contribution in [3.05, 3.63) is 0 Å². The molecule has 1 saturated heterocycles. The fourth-order valence-corrected chi connectivity index (χ4v) is 1.23. The highest BCUT2D eigenvalue weighted by atomic mass is 19.4. The van der Waals surface area contributed by atoms with Crippen molar-refractivity contribution in [2.45, 2.75) is 31.3 Å². The van der Waals surface area contributed by atoms with Gasteiger partial charge in [-0.05, 0) is 6.92 Å². The highest BCUT2D eigenvalue weighted by Gasteiger charge is 2.39. The van der Waals surface area contributed by atoms with Crippen LogP contribution in [0.2, 0.25) is 0 Å². The van der Waals surface area contributed by atoms with Gasteiger partial charge >= 0.3 is 12.3 Å². The summed E-state index contributed by atoms with van der Waals surface area (Å²) in [6.45, 7) is 1.33. The van der Waals surface area contributed by atoms with Gasteiger partial charge in [0, 0.05) is 13.1 Å². The third-order valence-electron chi connectivity index (χ3n) is 2.23. The fraction of sp³-hybridized carbons (Fsp3) is 0.875. The van der Waals surface area contributed by atoms with Crippen LogP contribution in [0.1, 0.15) is 6.92 Å². The fourth-order valence-electron chi connectivity index (χ4n) is 1.23. The van der Waals surface area contributed by atoms with E-state index in [1.54, 1.807) is 0 Å². The van der Waals surface area contributed by atoms with Gasteiger partial charge in [0.2, 0.25) is 0 Å². The molecule has 1 aliphatic heterocycles. The Bertz CT molecular complexity index is 253. The van der Waals surface area contributed by atoms with Crippen molar-refractivity contribution in [1.82, 2.24) is 10.6 Å². The molecule has 0 aromatic rings. The number of carbonyl (C=O) groups is 1. The maximum Gasteiger partial charge on any atom is 0.425 e. The number of β-amino-alcohol motifs (C(OH)–C–C–N with tert-alkyl or cyclic N) is 1. The Morgan fingerprint density at radius 2 is 2.19 bits per heavy atom. The highest BCUT2D eigenvalue weighted by molar-refractivity contribution is 5.68. The number of hydrogen-bond acceptors (Lipinski definition) is 4. The second-order valence-electron chi connectivity index (χ2n) is 3.57. The lowest BCUT2D eigenvalue weighted by molar-refractivity contribution is -0.197. The second kappa shape index (κ2) is 4.88. The predicted octanol–water partition coefficient (Wildman–Crippen LogP) is -0.00390. The Balaban J connectivity index is 2.36. The van der Waals surface area contributed by atoms with E-state index in [9.17, 15) is 23.1 Å². The maximum atomic E-state index is 12.0. The molecule has 3 atom stereocenters. The van der Waals surface area contributed by atoms with Gasteiger partial charge in [-0.1, -0.05) is 0 Å². The third kappa shape index (κ3) is 3.53. The smallest absolute Gasteiger partial charge is 0.425 e. The zero-order valence-corrected chi connectivity index (χ0v) is 8.54. The summed E-state index contributed by atoms with van der Waals surface area (Å²) < 4.78 is 40.2. The van der Waals surface area contributed by atoms with E-state index in [1.165, 1.54) is 0 Å². The van der Waals surface area contributed by atoms with Crippen LogP contribution < -0.4 is 10.6 Å². The number of hydrogen-bond donors (Lipinski definition) is 3. The van der Waals surface area contributed by atoms with Crippen LogP contribution in [0.4, 0.5) is 18.0 Å². The van der Waals surface area contributed by atoms with Crippen LogP contribution in [0.15, 0.2) is 0 Å². The first-order valence-electron chi connectivity index (χ1n) is 4.73. The number of halogens is 3. The minimum atomic E-state index is -4.58. The summed E-state index contributed by atoms with van der Waals surface area (Å²) >= 11 is 0. The number of aliphatic hydroxyl groups is 1. The van der Waals surface area contributed by atoms with Gasteiger partial charge in [0.25, 0.3) is 0 Å². The molecule has 1 rings (SSSR count). The number of nitrogens with one attached hydrogen (secondary N) is 2. The van der Waals surface area contributed by atoms with E-state index >= 15 is 0 Å². The van der Waals surface area contributed by atoms with E-state index in [4.69, 9.17) is 0 Å². The van der Waals surface area contributed by atoms with Crippen LogP contribution >= 0.6 is 0 Å². The van der Waals surface area contributed by atoms with Crippen molar-refractivity contribution in [3.8, 4) is 0 Å². The molecular formula is C8H13F3N2O3. The van der Waals surface area contributed by atoms with Crippen molar-refractivity contribution in [2.24, 2.45) is 0 Å². The van der Waals surface area contributed by atoms with Gasteiger partial charge < -0.3 is 20.5 Å². The normalized spacial score (nSPS) is 27.6. The maximum absolute atomic E-state index is 12.0. The summed E-state index contributed by atoms with van der Waals surface area (Å²) in [5.74, 6) is 0. The Morgan fingerprint density at radius 1 is 1.56 bits per heavy atom. The van der Waals surface area contributed by atoms with Crippen molar-refractivity contribution < 1.29 is 27.8 Å². The van der Waals surface area contributed by atoms with Crippen molar-refractivity contribution in [3.63, 3.8) is 0 Å². The SMILES string of the molecule is C[C@H](OC(=O)N[C@@H]1CNC[C@H]1O)C(F)(F)F. The standard InChI is InChI=1S/C8H13F3N2O3/c1-4(8(9,10)11)16-7(15)13-5-2-12-3-6(5)14/h4-6,12,14H,2-3H2,1H3,(H,13,15)/t4-,5+,6+/m0/s1. The predicted molar refractivity (Wildman–Crippen MR) is 47.8 cm³/mol. The quantitative estimate of drug-likeness (QED) is 0.637. The molecule has 5 nitrogen and oxygen atoms in total. The van der Waals surface area contributed by atoms with Crippen LogP contribution in [-0.2, 0) is 4.74 Å². The Labute approximate surface area is 90.0 Å². The molecule has 0 aliphatic carbocycles. The van der Waals surface area contributed by atoms with Gasteiger partial charge in [-0.25, -0.2) is 4.79 Å². The second-order valence-corrected chi connectivity index (χ2v) is 3.57. The van der Waals surface area contributed by atoms with E-state index in [2.05, 4.69) is 15.4 Å². The number of ether oxygens (including phenoxy) is 1. The monoisotopic (exact) mass is 242 g/mol. The van der Waals surface area contributed by atoms with Crippen LogP contribution in [0.5, 0.6) is 0 Å². The molecule has 16 heavy (non-hydrogen) atoms. The molecule has 1 heterocycles. The molecule has 1 amide bonds. The van der Waals surface area contributed by atoms with Crippen molar-refractivity contribution >= 4 is 6.09 Å². The van der Waals surface area contributed by atoms with Gasteiger partial charge in [0.1, 0.15) is 0 Å². The van der Waals surface area contributed by atoms with Crippen LogP contribution in [0, 0.1) is 0 Å². The first kappa shape index (κ1) is 13.0. The largest absolute Gasteiger partial charge is 0.437 e. The number of alkyl halides is 3. The van der Waals surface area contributed by atoms with E-state index in [1.807, 2.05) is 0 Å². The average Bonchev–Trinajstić information content (AvgIpc) is 2.50. The van der Waals surface area contributed by atoms with Crippen LogP contribution in [0.25, 0.3) is 0 Å². The van der Waals surface area contributed by atoms with Gasteiger partial charge in [0.05, 0.1) is 12.1 Å². The summed E-state index contributed by atoms with van der Waals surface area (Å²) in [5, 5.41) is 14.2. The molecule has 0 bridgehead atoms. The van der Waals surface area contributed by atoms with Crippen LogP contribution in [0.3, 0.4) is 0 Å². The van der Waals surface area contributed by atoms with Crippen molar-refractivity contribution in [1.29, 1.82) is 0 Å². The third-order valence-corrected chi connectivity index (χ3v) is 2.23. The first-order valence-corrected chi connectivity index (χ1v) is 4.73. The Hall–Kier alpha value is -1.02. The van der Waals surface area contributed by atoms with E-state index < -0.39 is 30.5 Å². The summed E-state index contributed by atoms with van der Waals surface area (Å²) in [6, 6.07) is -0.618.